The first-order valence-electron chi connectivity index (χ1n) is 12.6. The zero-order valence-electron chi connectivity index (χ0n) is 22.5. The van der Waals surface area contributed by atoms with E-state index >= 15 is 0 Å². The van der Waals surface area contributed by atoms with E-state index in [1.165, 1.54) is 30.6 Å². The monoisotopic (exact) mass is 560 g/mol. The van der Waals surface area contributed by atoms with Gasteiger partial charge in [0.1, 0.15) is 15.6 Å². The average molecular weight is 561 g/mol. The Bertz CT molecular complexity index is 1370. The third kappa shape index (κ3) is 6.27. The number of aromatic nitrogens is 1. The normalized spacial score (nSPS) is 16.2. The number of amides is 1. The van der Waals surface area contributed by atoms with Gasteiger partial charge in [0.15, 0.2) is 5.60 Å². The molecule has 1 amide bonds. The first kappa shape index (κ1) is 28.6. The Kier molecular flexibility index (Phi) is 8.07. The SMILES string of the molecule is COC(=O)C(C)(C)Oc1cc([C@H]2CCCN(C(=O)c3sc(-c4ccc(C(F)(F)F)cc4)nc3C)C2)ccc1C. The predicted octanol–water partition coefficient (Wildman–Crippen LogP) is 6.80. The molecular formula is C29H31F3N2O4S. The largest absolute Gasteiger partial charge is 0.476 e. The number of ether oxygens (including phenoxy) is 2. The van der Waals surface area contributed by atoms with E-state index in [2.05, 4.69) is 4.98 Å². The lowest BCUT2D eigenvalue weighted by molar-refractivity contribution is -0.156. The van der Waals surface area contributed by atoms with Crippen LogP contribution >= 0.6 is 11.3 Å². The van der Waals surface area contributed by atoms with Crippen LogP contribution in [0.5, 0.6) is 5.75 Å². The predicted molar refractivity (Wildman–Crippen MR) is 143 cm³/mol. The van der Waals surface area contributed by atoms with Crippen molar-refractivity contribution in [3.63, 3.8) is 0 Å². The van der Waals surface area contributed by atoms with Gasteiger partial charge >= 0.3 is 12.1 Å². The zero-order valence-corrected chi connectivity index (χ0v) is 23.3. The summed E-state index contributed by atoms with van der Waals surface area (Å²) in [5.74, 6) is 0.0564. The highest BCUT2D eigenvalue weighted by atomic mass is 32.1. The van der Waals surface area contributed by atoms with Crippen molar-refractivity contribution in [2.45, 2.75) is 58.2 Å². The van der Waals surface area contributed by atoms with Crippen LogP contribution in [0.1, 0.15) is 64.7 Å². The number of rotatable bonds is 6. The van der Waals surface area contributed by atoms with E-state index in [4.69, 9.17) is 9.47 Å². The number of halogens is 3. The quantitative estimate of drug-likeness (QED) is 0.310. The molecule has 10 heteroatoms. The molecule has 0 N–H and O–H groups in total. The van der Waals surface area contributed by atoms with Crippen LogP contribution in [0.2, 0.25) is 0 Å². The molecule has 1 atom stereocenters. The number of nitrogens with zero attached hydrogens (tertiary/aromatic N) is 2. The molecule has 1 aliphatic heterocycles. The Hall–Kier alpha value is -3.40. The number of thiazole rings is 1. The molecule has 0 saturated carbocycles. The topological polar surface area (TPSA) is 68.7 Å². The van der Waals surface area contributed by atoms with Crippen molar-refractivity contribution in [1.82, 2.24) is 9.88 Å². The Morgan fingerprint density at radius 1 is 1.08 bits per heavy atom. The molecule has 1 saturated heterocycles. The standard InChI is InChI=1S/C29H31F3N2O4S/c1-17-8-9-20(15-23(17)38-28(3,4)27(36)37-5)21-7-6-14-34(16-21)26(35)24-18(2)33-25(39-24)19-10-12-22(13-11-19)29(30,31)32/h8-13,15,21H,6-7,14,16H2,1-5H3/t21-/m0/s1. The molecule has 6 nitrogen and oxygen atoms in total. The molecule has 39 heavy (non-hydrogen) atoms. The number of likely N-dealkylation sites (tertiary alicyclic amines) is 1. The van der Waals surface area contributed by atoms with Gasteiger partial charge in [0.25, 0.3) is 5.91 Å². The molecule has 2 heterocycles. The number of esters is 1. The molecule has 208 valence electrons. The highest BCUT2D eigenvalue weighted by Gasteiger charge is 2.33. The van der Waals surface area contributed by atoms with Gasteiger partial charge in [-0.3, -0.25) is 4.79 Å². The molecule has 0 unspecified atom stereocenters. The van der Waals surface area contributed by atoms with Crippen molar-refractivity contribution in [3.05, 3.63) is 69.7 Å². The van der Waals surface area contributed by atoms with Crippen molar-refractivity contribution in [2.75, 3.05) is 20.2 Å². The minimum atomic E-state index is -4.41. The second kappa shape index (κ2) is 11.0. The van der Waals surface area contributed by atoms with Gasteiger partial charge in [0.2, 0.25) is 0 Å². The molecule has 1 aromatic heterocycles. The van der Waals surface area contributed by atoms with Crippen LogP contribution in [0.4, 0.5) is 13.2 Å². The summed E-state index contributed by atoms with van der Waals surface area (Å²) in [6.07, 6.45) is -2.70. The van der Waals surface area contributed by atoms with Crippen LogP contribution in [0.15, 0.2) is 42.5 Å². The fourth-order valence-electron chi connectivity index (χ4n) is 4.64. The van der Waals surface area contributed by atoms with E-state index < -0.39 is 23.3 Å². The Labute approximate surface area is 229 Å². The maximum Gasteiger partial charge on any atom is 0.416 e. The highest BCUT2D eigenvalue weighted by molar-refractivity contribution is 7.17. The Balaban J connectivity index is 1.51. The first-order valence-corrected chi connectivity index (χ1v) is 13.4. The maximum atomic E-state index is 13.5. The third-order valence-corrected chi connectivity index (χ3v) is 8.08. The van der Waals surface area contributed by atoms with Crippen LogP contribution in [0.25, 0.3) is 10.6 Å². The van der Waals surface area contributed by atoms with Gasteiger partial charge in [-0.05, 0) is 69.9 Å². The Morgan fingerprint density at radius 3 is 2.41 bits per heavy atom. The fraction of sp³-hybridized carbons (Fsp3) is 0.414. The molecule has 0 bridgehead atoms. The summed E-state index contributed by atoms with van der Waals surface area (Å²) >= 11 is 1.19. The number of aryl methyl sites for hydroxylation is 2. The molecule has 1 aliphatic rings. The number of carbonyl (C=O) groups is 2. The second-order valence-corrected chi connectivity index (χ2v) is 11.2. The van der Waals surface area contributed by atoms with Crippen LogP contribution in [0.3, 0.4) is 0 Å². The lowest BCUT2D eigenvalue weighted by Gasteiger charge is -2.33. The minimum Gasteiger partial charge on any atom is -0.476 e. The molecule has 1 fully saturated rings. The van der Waals surface area contributed by atoms with Gasteiger partial charge in [-0.1, -0.05) is 24.3 Å². The summed E-state index contributed by atoms with van der Waals surface area (Å²) in [5.41, 5.74) is 1.11. The third-order valence-electron chi connectivity index (χ3n) is 6.88. The first-order chi connectivity index (χ1) is 18.3. The number of hydrogen-bond donors (Lipinski definition) is 0. The number of hydrogen-bond acceptors (Lipinski definition) is 6. The van der Waals surface area contributed by atoms with Crippen LogP contribution in [0, 0.1) is 13.8 Å². The Morgan fingerprint density at radius 2 is 1.77 bits per heavy atom. The minimum absolute atomic E-state index is 0.0782. The molecule has 0 spiro atoms. The van der Waals surface area contributed by atoms with Crippen molar-refractivity contribution in [2.24, 2.45) is 0 Å². The summed E-state index contributed by atoms with van der Waals surface area (Å²) in [7, 11) is 1.32. The van der Waals surface area contributed by atoms with Crippen molar-refractivity contribution >= 4 is 23.2 Å². The van der Waals surface area contributed by atoms with E-state index in [9.17, 15) is 22.8 Å². The molecule has 4 rings (SSSR count). The second-order valence-electron chi connectivity index (χ2n) is 10.2. The summed E-state index contributed by atoms with van der Waals surface area (Å²) in [6, 6.07) is 10.7. The van der Waals surface area contributed by atoms with E-state index in [-0.39, 0.29) is 11.8 Å². The lowest BCUT2D eigenvalue weighted by Crippen LogP contribution is -2.40. The van der Waals surface area contributed by atoms with Gasteiger partial charge < -0.3 is 14.4 Å². The fourth-order valence-corrected chi connectivity index (χ4v) is 5.68. The number of piperidine rings is 1. The summed E-state index contributed by atoms with van der Waals surface area (Å²) in [4.78, 5) is 32.4. The average Bonchev–Trinajstić information content (AvgIpc) is 3.30. The molecule has 0 radical (unpaired) electrons. The van der Waals surface area contributed by atoms with E-state index in [1.54, 1.807) is 20.8 Å². The van der Waals surface area contributed by atoms with Gasteiger partial charge in [0, 0.05) is 24.6 Å². The summed E-state index contributed by atoms with van der Waals surface area (Å²) in [5, 5.41) is 0.506. The van der Waals surface area contributed by atoms with Gasteiger partial charge in [0.05, 0.1) is 18.4 Å². The summed E-state index contributed by atoms with van der Waals surface area (Å²) < 4.78 is 49.7. The van der Waals surface area contributed by atoms with E-state index in [0.29, 0.717) is 40.0 Å². The molecule has 0 aliphatic carbocycles. The summed E-state index contributed by atoms with van der Waals surface area (Å²) in [6.45, 7) is 8.07. The molecule has 2 aromatic carbocycles. The van der Waals surface area contributed by atoms with Gasteiger partial charge in [-0.15, -0.1) is 11.3 Å². The van der Waals surface area contributed by atoms with Crippen molar-refractivity contribution in [3.8, 4) is 16.3 Å². The van der Waals surface area contributed by atoms with Crippen molar-refractivity contribution < 1.29 is 32.2 Å². The maximum absolute atomic E-state index is 13.5. The number of carbonyl (C=O) groups excluding carboxylic acids is 2. The number of alkyl halides is 3. The molecular weight excluding hydrogens is 529 g/mol. The zero-order chi connectivity index (χ0) is 28.5. The van der Waals surface area contributed by atoms with Crippen LogP contribution in [-0.4, -0.2) is 47.6 Å². The highest BCUT2D eigenvalue weighted by Crippen LogP contribution is 2.36. The smallest absolute Gasteiger partial charge is 0.416 e. The van der Waals surface area contributed by atoms with Crippen molar-refractivity contribution in [1.29, 1.82) is 0 Å². The van der Waals surface area contributed by atoms with Crippen LogP contribution < -0.4 is 4.74 Å². The van der Waals surface area contributed by atoms with Gasteiger partial charge in [-0.25, -0.2) is 9.78 Å². The van der Waals surface area contributed by atoms with Gasteiger partial charge in [-0.2, -0.15) is 13.2 Å². The number of benzene rings is 2. The lowest BCUT2D eigenvalue weighted by atomic mass is 9.89. The van der Waals surface area contributed by atoms with Crippen LogP contribution in [-0.2, 0) is 15.7 Å². The molecule has 3 aromatic rings. The number of methoxy groups -OCH3 is 1. The van der Waals surface area contributed by atoms with E-state index in [0.717, 1.165) is 36.1 Å². The van der Waals surface area contributed by atoms with E-state index in [1.807, 2.05) is 30.0 Å².